The van der Waals surface area contributed by atoms with Crippen LogP contribution in [0.1, 0.15) is 167 Å². The van der Waals surface area contributed by atoms with E-state index in [1.807, 2.05) is 0 Å². The molecule has 0 fully saturated rings. The van der Waals surface area contributed by atoms with E-state index in [1.165, 1.54) is 109 Å². The number of aliphatic hydroxyl groups is 3. The Bertz CT molecular complexity index is 556. The van der Waals surface area contributed by atoms with Gasteiger partial charge in [0.15, 0.2) is 0 Å². The van der Waals surface area contributed by atoms with Gasteiger partial charge in [0.1, 0.15) is 6.61 Å². The first-order chi connectivity index (χ1) is 19.5. The molecular formula is C34H67NO5. The van der Waals surface area contributed by atoms with Crippen molar-refractivity contribution in [2.24, 2.45) is 5.73 Å². The topological polar surface area (TPSA) is 113 Å². The Morgan fingerprint density at radius 2 is 1.07 bits per heavy atom. The third-order valence-corrected chi connectivity index (χ3v) is 7.80. The lowest BCUT2D eigenvalue weighted by Gasteiger charge is -2.16. The molecule has 40 heavy (non-hydrogen) atoms. The van der Waals surface area contributed by atoms with Crippen LogP contribution in [0.2, 0.25) is 0 Å². The molecule has 0 aromatic rings. The molecule has 0 aromatic heterocycles. The highest BCUT2D eigenvalue weighted by Crippen LogP contribution is 2.14. The van der Waals surface area contributed by atoms with E-state index in [1.54, 1.807) is 6.08 Å². The summed E-state index contributed by atoms with van der Waals surface area (Å²) in [6.45, 7) is 2.55. The van der Waals surface area contributed by atoms with E-state index in [-0.39, 0.29) is 12.6 Å². The van der Waals surface area contributed by atoms with Gasteiger partial charge in [-0.15, -0.1) is 0 Å². The average molecular weight is 570 g/mol. The molecule has 3 atom stereocenters. The normalized spacial score (nSPS) is 14.0. The molecule has 6 heteroatoms. The lowest BCUT2D eigenvalue weighted by molar-refractivity contribution is -0.144. The van der Waals surface area contributed by atoms with E-state index in [2.05, 4.69) is 6.92 Å². The second kappa shape index (κ2) is 31.0. The SMILES string of the molecule is CCCCCCCCCCCCC(O)/C=C/C(O)C(N)COC(=O)CCCCCCCCCCCCCCCO. The Hall–Kier alpha value is -0.950. The highest BCUT2D eigenvalue weighted by molar-refractivity contribution is 5.69. The molecule has 0 rings (SSSR count). The first kappa shape index (κ1) is 39.0. The zero-order valence-corrected chi connectivity index (χ0v) is 26.2. The third-order valence-electron chi connectivity index (χ3n) is 7.80. The predicted octanol–water partition coefficient (Wildman–Crippen LogP) is 7.90. The maximum absolute atomic E-state index is 12.0. The van der Waals surface area contributed by atoms with Crippen molar-refractivity contribution in [1.82, 2.24) is 0 Å². The van der Waals surface area contributed by atoms with Crippen LogP contribution in [0.15, 0.2) is 12.2 Å². The van der Waals surface area contributed by atoms with Gasteiger partial charge < -0.3 is 25.8 Å². The van der Waals surface area contributed by atoms with Crippen LogP contribution in [0, 0.1) is 0 Å². The molecule has 0 aliphatic heterocycles. The van der Waals surface area contributed by atoms with Crippen molar-refractivity contribution in [3.8, 4) is 0 Å². The van der Waals surface area contributed by atoms with Gasteiger partial charge in [-0.2, -0.15) is 0 Å². The number of ether oxygens (including phenoxy) is 1. The minimum absolute atomic E-state index is 0.0136. The van der Waals surface area contributed by atoms with Gasteiger partial charge in [-0.25, -0.2) is 0 Å². The van der Waals surface area contributed by atoms with Crippen LogP contribution in [-0.4, -0.2) is 52.8 Å². The van der Waals surface area contributed by atoms with Crippen molar-refractivity contribution in [3.05, 3.63) is 12.2 Å². The van der Waals surface area contributed by atoms with E-state index in [4.69, 9.17) is 15.6 Å². The largest absolute Gasteiger partial charge is 0.464 e. The first-order valence-electron chi connectivity index (χ1n) is 17.1. The molecule has 238 valence electrons. The number of nitrogens with two attached hydrogens (primary N) is 1. The molecule has 3 unspecified atom stereocenters. The van der Waals surface area contributed by atoms with Crippen LogP contribution in [0.4, 0.5) is 0 Å². The lowest BCUT2D eigenvalue weighted by atomic mass is 10.0. The van der Waals surface area contributed by atoms with E-state index >= 15 is 0 Å². The number of carbonyl (C=O) groups is 1. The second-order valence-corrected chi connectivity index (χ2v) is 11.8. The molecular weight excluding hydrogens is 502 g/mol. The van der Waals surface area contributed by atoms with Crippen molar-refractivity contribution < 1.29 is 24.9 Å². The molecule has 0 aliphatic rings. The van der Waals surface area contributed by atoms with Gasteiger partial charge in [0.25, 0.3) is 0 Å². The number of hydrogen-bond donors (Lipinski definition) is 4. The van der Waals surface area contributed by atoms with Gasteiger partial charge in [-0.05, 0) is 19.3 Å². The maximum atomic E-state index is 12.0. The molecule has 0 saturated carbocycles. The zero-order valence-electron chi connectivity index (χ0n) is 26.2. The van der Waals surface area contributed by atoms with Crippen molar-refractivity contribution >= 4 is 5.97 Å². The summed E-state index contributed by atoms with van der Waals surface area (Å²) in [5.41, 5.74) is 5.97. The summed E-state index contributed by atoms with van der Waals surface area (Å²) in [6, 6.07) is -0.690. The minimum atomic E-state index is -0.943. The van der Waals surface area contributed by atoms with E-state index in [0.717, 1.165) is 44.9 Å². The molecule has 0 aliphatic carbocycles. The summed E-state index contributed by atoms with van der Waals surface area (Å²) < 4.78 is 5.25. The van der Waals surface area contributed by atoms with Crippen LogP contribution in [0.5, 0.6) is 0 Å². The number of hydrogen-bond acceptors (Lipinski definition) is 6. The van der Waals surface area contributed by atoms with E-state index in [9.17, 15) is 15.0 Å². The number of rotatable bonds is 31. The third kappa shape index (κ3) is 28.6. The first-order valence-corrected chi connectivity index (χ1v) is 17.1. The average Bonchev–Trinajstić information content (AvgIpc) is 2.95. The van der Waals surface area contributed by atoms with Gasteiger partial charge >= 0.3 is 5.97 Å². The van der Waals surface area contributed by atoms with Gasteiger partial charge in [-0.1, -0.05) is 154 Å². The van der Waals surface area contributed by atoms with Crippen molar-refractivity contribution in [2.75, 3.05) is 13.2 Å². The van der Waals surface area contributed by atoms with Gasteiger partial charge in [0.2, 0.25) is 0 Å². The van der Waals surface area contributed by atoms with Gasteiger partial charge in [-0.3, -0.25) is 4.79 Å². The Kier molecular flexibility index (Phi) is 30.3. The number of aliphatic hydroxyl groups excluding tert-OH is 3. The standard InChI is InChI=1S/C34H67NO5/c1-2-3-4-5-6-7-13-16-19-22-25-31(37)27-28-33(38)32(35)30-40-34(39)26-23-20-17-14-11-9-8-10-12-15-18-21-24-29-36/h27-28,31-33,36-38H,2-26,29-30,35H2,1H3/b28-27+. The molecule has 0 spiro atoms. The number of unbranched alkanes of at least 4 members (excludes halogenated alkanes) is 21. The highest BCUT2D eigenvalue weighted by atomic mass is 16.5. The number of carbonyl (C=O) groups excluding carboxylic acids is 1. The summed E-state index contributed by atoms with van der Waals surface area (Å²) >= 11 is 0. The smallest absolute Gasteiger partial charge is 0.305 e. The summed E-state index contributed by atoms with van der Waals surface area (Å²) in [6.07, 6.45) is 30.7. The predicted molar refractivity (Wildman–Crippen MR) is 168 cm³/mol. The molecule has 0 radical (unpaired) electrons. The summed E-state index contributed by atoms with van der Waals surface area (Å²) in [5.74, 6) is -0.258. The molecule has 0 saturated heterocycles. The molecule has 5 N–H and O–H groups in total. The Morgan fingerprint density at radius 1 is 0.650 bits per heavy atom. The quantitative estimate of drug-likeness (QED) is 0.0383. The molecule has 0 aromatic carbocycles. The molecule has 0 bridgehead atoms. The summed E-state index contributed by atoms with van der Waals surface area (Å²) in [7, 11) is 0. The number of esters is 1. The van der Waals surface area contributed by atoms with Crippen LogP contribution < -0.4 is 5.73 Å². The maximum Gasteiger partial charge on any atom is 0.305 e. The van der Waals surface area contributed by atoms with Crippen LogP contribution >= 0.6 is 0 Å². The van der Waals surface area contributed by atoms with Crippen molar-refractivity contribution in [2.45, 2.75) is 186 Å². The Labute approximate surface area is 247 Å². The Balaban J connectivity index is 3.60. The fourth-order valence-corrected chi connectivity index (χ4v) is 5.01. The fourth-order valence-electron chi connectivity index (χ4n) is 5.01. The highest BCUT2D eigenvalue weighted by Gasteiger charge is 2.15. The lowest BCUT2D eigenvalue weighted by Crippen LogP contribution is -2.38. The van der Waals surface area contributed by atoms with E-state index < -0.39 is 18.2 Å². The van der Waals surface area contributed by atoms with Crippen molar-refractivity contribution in [1.29, 1.82) is 0 Å². The monoisotopic (exact) mass is 570 g/mol. The Morgan fingerprint density at radius 3 is 1.55 bits per heavy atom. The molecule has 0 amide bonds. The van der Waals surface area contributed by atoms with E-state index in [0.29, 0.717) is 19.4 Å². The van der Waals surface area contributed by atoms with Crippen molar-refractivity contribution in [3.63, 3.8) is 0 Å². The van der Waals surface area contributed by atoms with Crippen LogP contribution in [0.3, 0.4) is 0 Å². The fraction of sp³-hybridized carbons (Fsp3) is 0.912. The van der Waals surface area contributed by atoms with Gasteiger partial charge in [0, 0.05) is 13.0 Å². The molecule has 6 nitrogen and oxygen atoms in total. The second-order valence-electron chi connectivity index (χ2n) is 11.8. The van der Waals surface area contributed by atoms with Crippen LogP contribution in [-0.2, 0) is 9.53 Å². The zero-order chi connectivity index (χ0) is 29.5. The minimum Gasteiger partial charge on any atom is -0.464 e. The summed E-state index contributed by atoms with van der Waals surface area (Å²) in [4.78, 5) is 12.0. The van der Waals surface area contributed by atoms with Gasteiger partial charge in [0.05, 0.1) is 18.2 Å². The molecule has 0 heterocycles. The summed E-state index contributed by atoms with van der Waals surface area (Å²) in [5, 5.41) is 29.1. The van der Waals surface area contributed by atoms with Crippen LogP contribution in [0.25, 0.3) is 0 Å².